The van der Waals surface area contributed by atoms with E-state index < -0.39 is 0 Å². The van der Waals surface area contributed by atoms with Gasteiger partial charge in [0.2, 0.25) is 5.91 Å². The highest BCUT2D eigenvalue weighted by molar-refractivity contribution is 6.31. The number of amides is 1. The summed E-state index contributed by atoms with van der Waals surface area (Å²) in [5, 5.41) is 1.05. The maximum Gasteiger partial charge on any atom is 0.258 e. The SMILES string of the molecule is CCCN(Cc1nc2cc(Cl)ccc2c(=O)[nH]1)C(=O)CCCC1CCCCC1. The molecular weight excluding hydrogens is 374 g/mol. The monoisotopic (exact) mass is 403 g/mol. The van der Waals surface area contributed by atoms with Crippen LogP contribution in [0.25, 0.3) is 10.9 Å². The van der Waals surface area contributed by atoms with E-state index in [1.165, 1.54) is 32.1 Å². The lowest BCUT2D eigenvalue weighted by Gasteiger charge is -2.24. The minimum atomic E-state index is -0.196. The van der Waals surface area contributed by atoms with Crippen molar-refractivity contribution >= 4 is 28.4 Å². The number of benzene rings is 1. The maximum atomic E-state index is 12.8. The van der Waals surface area contributed by atoms with Gasteiger partial charge in [-0.1, -0.05) is 50.6 Å². The van der Waals surface area contributed by atoms with Crippen molar-refractivity contribution in [2.75, 3.05) is 6.54 Å². The summed E-state index contributed by atoms with van der Waals surface area (Å²) in [6.07, 6.45) is 10.2. The van der Waals surface area contributed by atoms with Crippen molar-refractivity contribution in [2.24, 2.45) is 5.92 Å². The van der Waals surface area contributed by atoms with Crippen LogP contribution < -0.4 is 5.56 Å². The second-order valence-corrected chi connectivity index (χ2v) is 8.32. The molecular formula is C22H30ClN3O2. The third-order valence-electron chi connectivity index (χ3n) is 5.63. The number of carbonyl (C=O) groups excluding carboxylic acids is 1. The molecule has 1 aliphatic rings. The number of hydrogen-bond acceptors (Lipinski definition) is 3. The van der Waals surface area contributed by atoms with Gasteiger partial charge in [-0.25, -0.2) is 4.98 Å². The van der Waals surface area contributed by atoms with Crippen LogP contribution in [0.1, 0.15) is 70.5 Å². The van der Waals surface area contributed by atoms with Crippen molar-refractivity contribution in [3.8, 4) is 0 Å². The molecule has 152 valence electrons. The molecule has 0 unspecified atom stereocenters. The van der Waals surface area contributed by atoms with Crippen molar-refractivity contribution in [3.05, 3.63) is 39.4 Å². The van der Waals surface area contributed by atoms with Gasteiger partial charge in [0, 0.05) is 18.0 Å². The molecule has 1 heterocycles. The van der Waals surface area contributed by atoms with Gasteiger partial charge in [0.15, 0.2) is 0 Å². The highest BCUT2D eigenvalue weighted by atomic mass is 35.5. The minimum Gasteiger partial charge on any atom is -0.335 e. The molecule has 1 aliphatic carbocycles. The smallest absolute Gasteiger partial charge is 0.258 e. The summed E-state index contributed by atoms with van der Waals surface area (Å²) >= 11 is 6.03. The van der Waals surface area contributed by atoms with E-state index in [4.69, 9.17) is 11.6 Å². The highest BCUT2D eigenvalue weighted by Crippen LogP contribution is 2.27. The zero-order chi connectivity index (χ0) is 19.9. The Bertz CT molecular complexity index is 858. The van der Waals surface area contributed by atoms with Gasteiger partial charge >= 0.3 is 0 Å². The molecule has 5 nitrogen and oxygen atoms in total. The van der Waals surface area contributed by atoms with Crippen molar-refractivity contribution in [2.45, 2.75) is 71.3 Å². The molecule has 1 N–H and O–H groups in total. The lowest BCUT2D eigenvalue weighted by Crippen LogP contribution is -2.32. The van der Waals surface area contributed by atoms with Gasteiger partial charge < -0.3 is 9.88 Å². The minimum absolute atomic E-state index is 0.145. The van der Waals surface area contributed by atoms with Crippen LogP contribution in [0.3, 0.4) is 0 Å². The van der Waals surface area contributed by atoms with Gasteiger partial charge in [-0.3, -0.25) is 9.59 Å². The summed E-state index contributed by atoms with van der Waals surface area (Å²) in [6, 6.07) is 5.04. The van der Waals surface area contributed by atoms with E-state index in [2.05, 4.69) is 16.9 Å². The first-order chi connectivity index (χ1) is 13.6. The van der Waals surface area contributed by atoms with Gasteiger partial charge in [-0.05, 0) is 43.4 Å². The quantitative estimate of drug-likeness (QED) is 0.669. The van der Waals surface area contributed by atoms with E-state index >= 15 is 0 Å². The molecule has 0 aliphatic heterocycles. The third kappa shape index (κ3) is 5.57. The van der Waals surface area contributed by atoms with Crippen LogP contribution in [0.15, 0.2) is 23.0 Å². The molecule has 6 heteroatoms. The third-order valence-corrected chi connectivity index (χ3v) is 5.87. The first kappa shape index (κ1) is 20.8. The normalized spacial score (nSPS) is 15.1. The van der Waals surface area contributed by atoms with Crippen LogP contribution in [0.4, 0.5) is 0 Å². The lowest BCUT2D eigenvalue weighted by atomic mass is 9.86. The molecule has 0 atom stereocenters. The van der Waals surface area contributed by atoms with Gasteiger partial charge in [-0.2, -0.15) is 0 Å². The number of H-pyrrole nitrogens is 1. The molecule has 0 bridgehead atoms. The van der Waals surface area contributed by atoms with Crippen molar-refractivity contribution in [1.82, 2.24) is 14.9 Å². The number of carbonyl (C=O) groups is 1. The van der Waals surface area contributed by atoms with Gasteiger partial charge in [0.1, 0.15) is 5.82 Å². The molecule has 0 saturated heterocycles. The Hall–Kier alpha value is -1.88. The molecule has 1 amide bonds. The Morgan fingerprint density at radius 2 is 2.07 bits per heavy atom. The number of halogens is 1. The van der Waals surface area contributed by atoms with E-state index in [0.717, 1.165) is 25.2 Å². The largest absolute Gasteiger partial charge is 0.335 e. The first-order valence-electron chi connectivity index (χ1n) is 10.5. The van der Waals surface area contributed by atoms with Gasteiger partial charge in [0.05, 0.1) is 17.4 Å². The van der Waals surface area contributed by atoms with Crippen LogP contribution in [-0.2, 0) is 11.3 Å². The Kier molecular flexibility index (Phi) is 7.49. The fraction of sp³-hybridized carbons (Fsp3) is 0.591. The van der Waals surface area contributed by atoms with Gasteiger partial charge in [-0.15, -0.1) is 0 Å². The number of rotatable bonds is 8. The number of nitrogens with zero attached hydrogens (tertiary/aromatic N) is 2. The second kappa shape index (κ2) is 10.1. The standard InChI is InChI=1S/C22H30ClN3O2/c1-2-13-26(21(27)10-6-9-16-7-4-3-5-8-16)15-20-24-19-14-17(23)11-12-18(19)22(28)25-20/h11-12,14,16H,2-10,13,15H2,1H3,(H,24,25,28). The van der Waals surface area contributed by atoms with Crippen LogP contribution >= 0.6 is 11.6 Å². The summed E-state index contributed by atoms with van der Waals surface area (Å²) in [5.41, 5.74) is 0.366. The van der Waals surface area contributed by atoms with E-state index in [9.17, 15) is 9.59 Å². The first-order valence-corrected chi connectivity index (χ1v) is 10.9. The predicted molar refractivity (Wildman–Crippen MR) is 114 cm³/mol. The van der Waals surface area contributed by atoms with Crippen LogP contribution in [0, 0.1) is 5.92 Å². The van der Waals surface area contributed by atoms with E-state index in [1.807, 2.05) is 4.90 Å². The summed E-state index contributed by atoms with van der Waals surface area (Å²) in [7, 11) is 0. The maximum absolute atomic E-state index is 12.8. The van der Waals surface area contributed by atoms with Crippen LogP contribution in [-0.4, -0.2) is 27.3 Å². The van der Waals surface area contributed by atoms with Crippen molar-refractivity contribution in [3.63, 3.8) is 0 Å². The molecule has 0 radical (unpaired) electrons. The van der Waals surface area contributed by atoms with Crippen LogP contribution in [0.5, 0.6) is 0 Å². The fourth-order valence-corrected chi connectivity index (χ4v) is 4.32. The number of aromatic nitrogens is 2. The van der Waals surface area contributed by atoms with Crippen molar-refractivity contribution in [1.29, 1.82) is 0 Å². The lowest BCUT2D eigenvalue weighted by molar-refractivity contribution is -0.132. The topological polar surface area (TPSA) is 66.1 Å². The van der Waals surface area contributed by atoms with E-state index in [1.54, 1.807) is 18.2 Å². The highest BCUT2D eigenvalue weighted by Gasteiger charge is 2.17. The summed E-state index contributed by atoms with van der Waals surface area (Å²) < 4.78 is 0. The van der Waals surface area contributed by atoms with E-state index in [-0.39, 0.29) is 11.5 Å². The van der Waals surface area contributed by atoms with Crippen LogP contribution in [0.2, 0.25) is 5.02 Å². The van der Waals surface area contributed by atoms with Crippen molar-refractivity contribution < 1.29 is 4.79 Å². The number of fused-ring (bicyclic) bond motifs is 1. The zero-order valence-corrected chi connectivity index (χ0v) is 17.4. The Labute approximate surface area is 171 Å². The summed E-state index contributed by atoms with van der Waals surface area (Å²) in [5.74, 6) is 1.45. The fourth-order valence-electron chi connectivity index (χ4n) is 4.15. The Morgan fingerprint density at radius 1 is 1.29 bits per heavy atom. The molecule has 28 heavy (non-hydrogen) atoms. The Balaban J connectivity index is 1.63. The molecule has 0 spiro atoms. The molecule has 3 rings (SSSR count). The molecule has 1 saturated carbocycles. The molecule has 1 fully saturated rings. The summed E-state index contributed by atoms with van der Waals surface area (Å²) in [4.78, 5) is 34.2. The average molecular weight is 404 g/mol. The Morgan fingerprint density at radius 3 is 2.82 bits per heavy atom. The second-order valence-electron chi connectivity index (χ2n) is 7.89. The molecule has 1 aromatic carbocycles. The predicted octanol–water partition coefficient (Wildman–Crippen LogP) is 5.07. The van der Waals surface area contributed by atoms with Gasteiger partial charge in [0.25, 0.3) is 5.56 Å². The summed E-state index contributed by atoms with van der Waals surface area (Å²) in [6.45, 7) is 3.05. The number of hydrogen-bond donors (Lipinski definition) is 1. The number of nitrogens with one attached hydrogen (secondary N) is 1. The zero-order valence-electron chi connectivity index (χ0n) is 16.7. The molecule has 1 aromatic heterocycles. The average Bonchev–Trinajstić information content (AvgIpc) is 2.68. The van der Waals surface area contributed by atoms with E-state index in [0.29, 0.717) is 41.3 Å². The number of aromatic amines is 1. The molecule has 2 aromatic rings.